The number of carbonyl (C=O) groups excluding carboxylic acids is 2. The number of aryl methyl sites for hydroxylation is 2. The van der Waals surface area contributed by atoms with Gasteiger partial charge < -0.3 is 9.64 Å². The van der Waals surface area contributed by atoms with E-state index in [2.05, 4.69) is 5.10 Å². The molecule has 5 rings (SSSR count). The number of hydrogen-bond acceptors (Lipinski definition) is 6. The number of fused-ring (bicyclic) bond motifs is 1. The molecular formula is C24H26N6O3. The number of nitrogens with zero attached hydrogens (tertiary/aromatic N) is 6. The van der Waals surface area contributed by atoms with Gasteiger partial charge in [0, 0.05) is 31.0 Å². The first-order valence-electron chi connectivity index (χ1n) is 11.0. The smallest absolute Gasteiger partial charge is 0.257 e. The van der Waals surface area contributed by atoms with Crippen LogP contribution in [0.2, 0.25) is 0 Å². The van der Waals surface area contributed by atoms with Crippen molar-refractivity contribution < 1.29 is 14.3 Å². The molecule has 1 atom stereocenters. The van der Waals surface area contributed by atoms with Gasteiger partial charge in [0.2, 0.25) is 5.91 Å². The average molecular weight is 447 g/mol. The number of rotatable bonds is 5. The van der Waals surface area contributed by atoms with Crippen LogP contribution in [0.25, 0.3) is 0 Å². The molecule has 9 nitrogen and oxygen atoms in total. The van der Waals surface area contributed by atoms with Crippen LogP contribution in [-0.2, 0) is 24.8 Å². The lowest BCUT2D eigenvalue weighted by molar-refractivity contribution is -0.117. The summed E-state index contributed by atoms with van der Waals surface area (Å²) in [5, 5.41) is 4.12. The summed E-state index contributed by atoms with van der Waals surface area (Å²) in [5.41, 5.74) is 3.20. The normalized spacial score (nSPS) is 17.5. The second-order valence-electron chi connectivity index (χ2n) is 8.53. The molecular weight excluding hydrogens is 420 g/mol. The van der Waals surface area contributed by atoms with Crippen molar-refractivity contribution in [3.05, 3.63) is 64.9 Å². The largest absolute Gasteiger partial charge is 0.497 e. The lowest BCUT2D eigenvalue weighted by Crippen LogP contribution is -2.32. The van der Waals surface area contributed by atoms with E-state index in [9.17, 15) is 9.59 Å². The van der Waals surface area contributed by atoms with Gasteiger partial charge in [0.1, 0.15) is 11.6 Å². The standard InChI is InChI=1S/C24H26N6O3/c1-15-19-11-21(31)30(13-16-6-8-18(33-3)9-7-16)23(19)27-22(26-15)20-5-4-10-29(20)24(32)17-12-25-28(2)14-17/h6-9,12,14,20H,4-5,10-11,13H2,1-3H3. The fourth-order valence-corrected chi connectivity index (χ4v) is 4.60. The summed E-state index contributed by atoms with van der Waals surface area (Å²) < 4.78 is 6.85. The molecule has 4 heterocycles. The number of aromatic nitrogens is 4. The van der Waals surface area contributed by atoms with Crippen LogP contribution < -0.4 is 9.64 Å². The molecule has 1 saturated heterocycles. The second-order valence-corrected chi connectivity index (χ2v) is 8.53. The van der Waals surface area contributed by atoms with E-state index in [1.807, 2.05) is 36.1 Å². The molecule has 2 aromatic heterocycles. The summed E-state index contributed by atoms with van der Waals surface area (Å²) >= 11 is 0. The molecule has 0 saturated carbocycles. The van der Waals surface area contributed by atoms with Crippen molar-refractivity contribution in [3.8, 4) is 5.75 Å². The van der Waals surface area contributed by atoms with Crippen molar-refractivity contribution in [3.63, 3.8) is 0 Å². The molecule has 9 heteroatoms. The molecule has 2 aliphatic rings. The van der Waals surface area contributed by atoms with Crippen molar-refractivity contribution in [1.82, 2.24) is 24.6 Å². The number of likely N-dealkylation sites (tertiary alicyclic amines) is 1. The number of hydrogen-bond donors (Lipinski definition) is 0. The monoisotopic (exact) mass is 446 g/mol. The number of ether oxygens (including phenoxy) is 1. The van der Waals surface area contributed by atoms with Gasteiger partial charge in [-0.2, -0.15) is 5.10 Å². The third-order valence-electron chi connectivity index (χ3n) is 6.36. The summed E-state index contributed by atoms with van der Waals surface area (Å²) in [7, 11) is 3.42. The van der Waals surface area contributed by atoms with Gasteiger partial charge in [-0.15, -0.1) is 0 Å². The van der Waals surface area contributed by atoms with Crippen LogP contribution in [0, 0.1) is 6.92 Å². The summed E-state index contributed by atoms with van der Waals surface area (Å²) in [6.45, 7) is 2.98. The van der Waals surface area contributed by atoms with E-state index >= 15 is 0 Å². The first-order valence-corrected chi connectivity index (χ1v) is 11.0. The van der Waals surface area contributed by atoms with E-state index in [1.165, 1.54) is 0 Å². The maximum atomic E-state index is 13.1. The second kappa shape index (κ2) is 8.31. The number of amides is 2. The molecule has 2 aliphatic heterocycles. The number of anilines is 1. The third-order valence-corrected chi connectivity index (χ3v) is 6.36. The van der Waals surface area contributed by atoms with Crippen LogP contribution in [0.4, 0.5) is 5.82 Å². The fourth-order valence-electron chi connectivity index (χ4n) is 4.60. The molecule has 0 aliphatic carbocycles. The van der Waals surface area contributed by atoms with Crippen LogP contribution in [-0.4, -0.2) is 50.1 Å². The SMILES string of the molecule is COc1ccc(CN2C(=O)Cc3c(C)nc(C4CCCN4C(=O)c4cnn(C)c4)nc32)cc1. The van der Waals surface area contributed by atoms with E-state index in [-0.39, 0.29) is 17.9 Å². The minimum absolute atomic E-state index is 0.00471. The molecule has 0 radical (unpaired) electrons. The molecule has 2 amide bonds. The Morgan fingerprint density at radius 1 is 1.21 bits per heavy atom. The Morgan fingerprint density at radius 3 is 2.70 bits per heavy atom. The Hall–Kier alpha value is -3.75. The Labute approximate surface area is 192 Å². The lowest BCUT2D eigenvalue weighted by atomic mass is 10.1. The first kappa shape index (κ1) is 21.1. The molecule has 170 valence electrons. The fraction of sp³-hybridized carbons (Fsp3) is 0.375. The lowest BCUT2D eigenvalue weighted by Gasteiger charge is -2.25. The zero-order chi connectivity index (χ0) is 23.1. The van der Waals surface area contributed by atoms with E-state index in [1.54, 1.807) is 36.1 Å². The molecule has 0 N–H and O–H groups in total. The topological polar surface area (TPSA) is 93.5 Å². The molecule has 33 heavy (non-hydrogen) atoms. The third kappa shape index (κ3) is 3.83. The van der Waals surface area contributed by atoms with Gasteiger partial charge in [0.05, 0.1) is 37.9 Å². The highest BCUT2D eigenvalue weighted by Gasteiger charge is 2.37. The summed E-state index contributed by atoms with van der Waals surface area (Å²) in [4.78, 5) is 39.1. The Bertz CT molecular complexity index is 1220. The van der Waals surface area contributed by atoms with Crippen LogP contribution in [0.3, 0.4) is 0 Å². The van der Waals surface area contributed by atoms with Gasteiger partial charge in [-0.3, -0.25) is 19.2 Å². The Balaban J connectivity index is 1.45. The highest BCUT2D eigenvalue weighted by Crippen LogP contribution is 2.36. The quantitative estimate of drug-likeness (QED) is 0.598. The van der Waals surface area contributed by atoms with Crippen molar-refractivity contribution in [2.75, 3.05) is 18.6 Å². The minimum Gasteiger partial charge on any atom is -0.497 e. The molecule has 0 spiro atoms. The minimum atomic E-state index is -0.222. The van der Waals surface area contributed by atoms with Crippen molar-refractivity contribution in [2.24, 2.45) is 7.05 Å². The maximum Gasteiger partial charge on any atom is 0.257 e. The Morgan fingerprint density at radius 2 is 2.00 bits per heavy atom. The first-order chi connectivity index (χ1) is 15.9. The number of methoxy groups -OCH3 is 1. The van der Waals surface area contributed by atoms with Gasteiger partial charge in [-0.05, 0) is 37.5 Å². The molecule has 1 fully saturated rings. The van der Waals surface area contributed by atoms with Gasteiger partial charge in [-0.1, -0.05) is 12.1 Å². The number of benzene rings is 1. The zero-order valence-electron chi connectivity index (χ0n) is 19.0. The van der Waals surface area contributed by atoms with E-state index in [0.29, 0.717) is 36.7 Å². The van der Waals surface area contributed by atoms with E-state index in [0.717, 1.165) is 35.4 Å². The maximum absolute atomic E-state index is 13.1. The predicted molar refractivity (Wildman–Crippen MR) is 121 cm³/mol. The van der Waals surface area contributed by atoms with Crippen molar-refractivity contribution in [1.29, 1.82) is 0 Å². The highest BCUT2D eigenvalue weighted by atomic mass is 16.5. The highest BCUT2D eigenvalue weighted by molar-refractivity contribution is 6.00. The van der Waals surface area contributed by atoms with Gasteiger partial charge in [0.15, 0.2) is 5.82 Å². The predicted octanol–water partition coefficient (Wildman–Crippen LogP) is 2.59. The van der Waals surface area contributed by atoms with Gasteiger partial charge in [-0.25, -0.2) is 9.97 Å². The average Bonchev–Trinajstić information content (AvgIpc) is 3.54. The van der Waals surface area contributed by atoms with Crippen molar-refractivity contribution >= 4 is 17.6 Å². The van der Waals surface area contributed by atoms with E-state index in [4.69, 9.17) is 14.7 Å². The Kier molecular flexibility index (Phi) is 5.32. The molecule has 1 aromatic carbocycles. The molecule has 3 aromatic rings. The summed E-state index contributed by atoms with van der Waals surface area (Å²) in [5.74, 6) is 1.95. The van der Waals surface area contributed by atoms with E-state index < -0.39 is 0 Å². The summed E-state index contributed by atoms with van der Waals surface area (Å²) in [6, 6.07) is 7.44. The van der Waals surface area contributed by atoms with Crippen LogP contribution in [0.5, 0.6) is 5.75 Å². The van der Waals surface area contributed by atoms with Crippen LogP contribution in [0.1, 0.15) is 51.9 Å². The van der Waals surface area contributed by atoms with Crippen LogP contribution >= 0.6 is 0 Å². The number of carbonyl (C=O) groups is 2. The molecule has 1 unspecified atom stereocenters. The molecule has 0 bridgehead atoms. The van der Waals surface area contributed by atoms with Crippen LogP contribution in [0.15, 0.2) is 36.7 Å². The van der Waals surface area contributed by atoms with Crippen molar-refractivity contribution in [2.45, 2.75) is 38.8 Å². The van der Waals surface area contributed by atoms with Gasteiger partial charge in [0.25, 0.3) is 5.91 Å². The zero-order valence-corrected chi connectivity index (χ0v) is 19.0. The summed E-state index contributed by atoms with van der Waals surface area (Å²) in [6.07, 6.45) is 5.27. The van der Waals surface area contributed by atoms with Gasteiger partial charge >= 0.3 is 0 Å².